The van der Waals surface area contributed by atoms with Gasteiger partial charge in [-0.1, -0.05) is 119 Å². The van der Waals surface area contributed by atoms with Gasteiger partial charge in [0.05, 0.1) is 22.1 Å². The molecule has 8 nitrogen and oxygen atoms in total. The van der Waals surface area contributed by atoms with Crippen LogP contribution in [0, 0.1) is 88.9 Å². The first-order chi connectivity index (χ1) is 52.6. The predicted octanol–water partition coefficient (Wildman–Crippen LogP) is 21.0. The lowest BCUT2D eigenvalue weighted by Gasteiger charge is -2.13. The minimum Gasteiger partial charge on any atom is -0.437 e. The van der Waals surface area contributed by atoms with Crippen LogP contribution in [0.5, 0.6) is 0 Å². The Balaban J connectivity index is 0.000000152. The zero-order valence-electron chi connectivity index (χ0n) is 73.5. The van der Waals surface area contributed by atoms with Gasteiger partial charge in [-0.15, -0.1) is 0 Å². The van der Waals surface area contributed by atoms with Crippen LogP contribution in [0.2, 0.25) is 0 Å². The number of hydrogen-bond donors (Lipinski definition) is 0. The quantitative estimate of drug-likeness (QED) is 0.135. The summed E-state index contributed by atoms with van der Waals surface area (Å²) < 4.78 is 95.4. The number of furan rings is 1. The van der Waals surface area contributed by atoms with Crippen molar-refractivity contribution >= 4 is 43.7 Å². The van der Waals surface area contributed by atoms with Gasteiger partial charge in [-0.05, 0) is 228 Å². The van der Waals surface area contributed by atoms with Gasteiger partial charge in [-0.3, -0.25) is 4.98 Å². The topological polar surface area (TPSA) is 58.3 Å². The van der Waals surface area contributed by atoms with Gasteiger partial charge in [-0.25, -0.2) is 23.3 Å². The number of aromatic nitrogens is 7. The SMILES string of the molecule is Cc1cc(-c2cnccc2C)[n+](C)cc1C.Cc1ccccc1-c1cccc[n+]1C.[2H]C([2H])([2H])C([2H])(C)c1cc[n+](C)c(-c2c(C)ccc3c2oc2nc(C)ccc23)c1.[2H]C([2H])([2H])c1cc(C)c(C)c(-c2c3cc(C(C)C)ccc3cc[n+]2C)c1.[2H]C([2H])([2H])c1cc(C)c(C)c(-c2ccc3c(CC(C)C)cccc3[n+]2C)c1. The largest absolute Gasteiger partial charge is 0.437 e. The molecule has 1 unspecified atom stereocenters. The molecular weight excluding hydrogens is 1240 g/mol. The minimum atomic E-state index is -2.44. The molecule has 0 aliphatic carbocycles. The molecule has 6 aromatic carbocycles. The fourth-order valence-electron chi connectivity index (χ4n) is 13.5. The minimum absolute atomic E-state index is 0.396. The first kappa shape index (κ1) is 61.5. The van der Waals surface area contributed by atoms with E-state index < -0.39 is 26.4 Å². The highest BCUT2D eigenvalue weighted by Crippen LogP contribution is 2.38. The highest BCUT2D eigenvalue weighted by molar-refractivity contribution is 6.09. The fourth-order valence-corrected chi connectivity index (χ4v) is 13.5. The summed E-state index contributed by atoms with van der Waals surface area (Å²) in [6.07, 6.45) is 12.9. The Morgan fingerprint density at radius 2 is 1.14 bits per heavy atom. The van der Waals surface area contributed by atoms with Crippen LogP contribution in [0.4, 0.5) is 0 Å². The second-order valence-electron chi connectivity index (χ2n) is 28.3. The van der Waals surface area contributed by atoms with Crippen molar-refractivity contribution in [2.75, 3.05) is 0 Å². The third kappa shape index (κ3) is 16.5. The molecular formula is C94H108N7O+5. The number of nitrogens with zero attached hydrogens (tertiary/aromatic N) is 7. The van der Waals surface area contributed by atoms with E-state index in [2.05, 4.69) is 228 Å². The molecule has 0 N–H and O–H groups in total. The Kier molecular flexibility index (Phi) is 19.4. The molecule has 8 heterocycles. The lowest BCUT2D eigenvalue weighted by atomic mass is 9.92. The Morgan fingerprint density at radius 1 is 0.461 bits per heavy atom. The Bertz CT molecular complexity index is 5790. The molecule has 14 rings (SSSR count). The molecule has 8 heteroatoms. The molecule has 0 radical (unpaired) electrons. The van der Waals surface area contributed by atoms with Gasteiger partial charge in [0.25, 0.3) is 0 Å². The molecule has 0 amide bonds. The van der Waals surface area contributed by atoms with Crippen molar-refractivity contribution in [2.24, 2.45) is 41.2 Å². The maximum absolute atomic E-state index is 8.47. The molecule has 0 saturated carbocycles. The molecule has 14 aromatic rings. The van der Waals surface area contributed by atoms with E-state index in [9.17, 15) is 0 Å². The Morgan fingerprint density at radius 3 is 1.83 bits per heavy atom. The summed E-state index contributed by atoms with van der Waals surface area (Å²) in [6.45, 7) is 24.2. The average molecular weight is 1360 g/mol. The smallest absolute Gasteiger partial charge is 0.227 e. The predicted molar refractivity (Wildman–Crippen MR) is 427 cm³/mol. The van der Waals surface area contributed by atoms with Crippen LogP contribution >= 0.6 is 0 Å². The number of benzene rings is 6. The van der Waals surface area contributed by atoms with Crippen molar-refractivity contribution in [3.63, 3.8) is 0 Å². The third-order valence-corrected chi connectivity index (χ3v) is 19.9. The first-order valence-electron chi connectivity index (χ1n) is 40.3. The van der Waals surface area contributed by atoms with Crippen molar-refractivity contribution in [3.8, 4) is 56.3 Å². The van der Waals surface area contributed by atoms with E-state index in [0.717, 1.165) is 89.9 Å². The maximum atomic E-state index is 8.47. The third-order valence-electron chi connectivity index (χ3n) is 19.9. The zero-order valence-corrected chi connectivity index (χ0v) is 63.5. The summed E-state index contributed by atoms with van der Waals surface area (Å²) in [7, 11) is 10.1. The van der Waals surface area contributed by atoms with Gasteiger partial charge in [0.2, 0.25) is 39.7 Å². The van der Waals surface area contributed by atoms with Crippen LogP contribution in [0.3, 0.4) is 0 Å². The molecule has 0 aliphatic heterocycles. The van der Waals surface area contributed by atoms with Crippen LogP contribution in [-0.2, 0) is 41.7 Å². The van der Waals surface area contributed by atoms with E-state index in [1.807, 2.05) is 113 Å². The molecule has 102 heavy (non-hydrogen) atoms. The van der Waals surface area contributed by atoms with Gasteiger partial charge < -0.3 is 4.42 Å². The van der Waals surface area contributed by atoms with Crippen LogP contribution < -0.4 is 22.8 Å². The molecule has 0 fully saturated rings. The lowest BCUT2D eigenvalue weighted by Crippen LogP contribution is -2.32. The molecule has 0 aliphatic rings. The van der Waals surface area contributed by atoms with Crippen molar-refractivity contribution in [2.45, 2.75) is 143 Å². The van der Waals surface area contributed by atoms with E-state index in [0.29, 0.717) is 39.8 Å². The molecule has 8 aromatic heterocycles. The van der Waals surface area contributed by atoms with E-state index in [4.69, 9.17) is 18.1 Å². The maximum Gasteiger partial charge on any atom is 0.227 e. The van der Waals surface area contributed by atoms with Crippen LogP contribution in [0.1, 0.15) is 151 Å². The van der Waals surface area contributed by atoms with E-state index in [1.165, 1.54) is 79.1 Å². The summed E-state index contributed by atoms with van der Waals surface area (Å²) in [6, 6.07) is 57.2. The monoisotopic (exact) mass is 1360 g/mol. The zero-order chi connectivity index (χ0) is 82.0. The summed E-state index contributed by atoms with van der Waals surface area (Å²) >= 11 is 0. The number of rotatable bonds is 9. The fraction of sp³-hybridized carbons (Fsp3) is 0.287. The van der Waals surface area contributed by atoms with Crippen molar-refractivity contribution in [1.29, 1.82) is 0 Å². The van der Waals surface area contributed by atoms with Crippen molar-refractivity contribution in [3.05, 3.63) is 291 Å². The molecule has 0 spiro atoms. The van der Waals surface area contributed by atoms with E-state index >= 15 is 0 Å². The highest BCUT2D eigenvalue weighted by atomic mass is 16.3. The number of pyridine rings is 7. The first-order valence-corrected chi connectivity index (χ1v) is 35.3. The van der Waals surface area contributed by atoms with Gasteiger partial charge >= 0.3 is 0 Å². The van der Waals surface area contributed by atoms with Gasteiger partial charge in [-0.2, -0.15) is 4.57 Å². The summed E-state index contributed by atoms with van der Waals surface area (Å²) in [5, 5.41) is 5.49. The normalized spacial score (nSPS) is 13.6. The van der Waals surface area contributed by atoms with Crippen LogP contribution in [-0.4, -0.2) is 9.97 Å². The van der Waals surface area contributed by atoms with Crippen LogP contribution in [0.25, 0.3) is 100 Å². The molecule has 520 valence electrons. The second-order valence-corrected chi connectivity index (χ2v) is 28.3. The standard InChI is InChI=1S/C23H28N.C22H23N2O.C22H26N.C14H17N2.C13H14N/c1-15(2)12-19-8-7-9-22-20(19)10-11-23(24(22)6)21-14-16(3)13-17(4)18(21)5;1-13(2)16-10-11-24(5)19(12-16)20-14(3)6-8-17-18-9-7-15(4)23-22(18)25-21(17)20;1-14(2)19-8-7-18-9-10-23(6)22(21(18)13-19)20-12-15(3)11-16(4)17(20)5;1-10-5-6-15-8-13(10)14-7-11(2)12(3)9-16(14)4;1-11-7-3-4-8-12(11)13-9-5-6-10-14(13)2/h7-11,13-15H,12H2,1-6H3;6-13H,1-5H3;7-14H,1-6H3;5-9H,1-4H3;3-10H,1-2H3/q5*+1/i3D3;1D3,13D;3D3;;. The second kappa shape index (κ2) is 32.1. The van der Waals surface area contributed by atoms with Crippen molar-refractivity contribution in [1.82, 2.24) is 9.97 Å². The average Bonchev–Trinajstić information content (AvgIpc) is 1.44. The Labute approximate surface area is 622 Å². The highest BCUT2D eigenvalue weighted by Gasteiger charge is 2.25. The number of fused-ring (bicyclic) bond motifs is 5. The van der Waals surface area contributed by atoms with Crippen molar-refractivity contribution < 1.29 is 41.0 Å². The molecule has 1 atom stereocenters. The van der Waals surface area contributed by atoms with Gasteiger partial charge in [0, 0.05) is 113 Å². The van der Waals surface area contributed by atoms with E-state index in [-0.39, 0.29) is 0 Å². The summed E-state index contributed by atoms with van der Waals surface area (Å²) in [4.78, 5) is 8.71. The summed E-state index contributed by atoms with van der Waals surface area (Å²) in [5.41, 5.74) is 28.4. The lowest BCUT2D eigenvalue weighted by molar-refractivity contribution is -0.660. The molecule has 0 saturated heterocycles. The Hall–Kier alpha value is -10.3. The number of aryl methyl sites for hydroxylation is 15. The van der Waals surface area contributed by atoms with Gasteiger partial charge in [0.1, 0.15) is 35.2 Å². The molecule has 0 bridgehead atoms. The van der Waals surface area contributed by atoms with E-state index in [1.54, 1.807) is 30.5 Å². The number of hydrogen-bond acceptors (Lipinski definition) is 3. The van der Waals surface area contributed by atoms with Gasteiger partial charge in [0.15, 0.2) is 30.4 Å². The van der Waals surface area contributed by atoms with Crippen LogP contribution in [0.15, 0.2) is 211 Å². The summed E-state index contributed by atoms with van der Waals surface area (Å²) in [5.74, 6) is -0.680.